The van der Waals surface area contributed by atoms with Gasteiger partial charge in [0.2, 0.25) is 0 Å². The van der Waals surface area contributed by atoms with E-state index in [2.05, 4.69) is 16.1 Å². The van der Waals surface area contributed by atoms with Gasteiger partial charge in [-0.3, -0.25) is 0 Å². The van der Waals surface area contributed by atoms with Crippen LogP contribution in [0.25, 0.3) is 10.4 Å². The van der Waals surface area contributed by atoms with Crippen LogP contribution < -0.4 is 4.74 Å². The molecule has 4 nitrogen and oxygen atoms in total. The van der Waals surface area contributed by atoms with Gasteiger partial charge in [-0.1, -0.05) is 5.11 Å². The minimum atomic E-state index is 0.0379. The van der Waals surface area contributed by atoms with E-state index in [0.29, 0.717) is 0 Å². The van der Waals surface area contributed by atoms with Crippen LogP contribution in [-0.4, -0.2) is 12.5 Å². The Bertz CT molecular complexity index is 415. The standard InChI is InChI=1S/C10H11N3OS/c1-14-8-3-4-9-7(6-8)2-5-10(15-9)12-13-11/h3-4,6,10H,2,5H2,1H3. The second-order valence-electron chi connectivity index (χ2n) is 3.29. The Morgan fingerprint density at radius 1 is 1.60 bits per heavy atom. The molecule has 0 radical (unpaired) electrons. The van der Waals surface area contributed by atoms with Crippen molar-refractivity contribution in [3.05, 3.63) is 34.2 Å². The third kappa shape index (κ3) is 2.19. The molecule has 5 heteroatoms. The summed E-state index contributed by atoms with van der Waals surface area (Å²) >= 11 is 1.62. The van der Waals surface area contributed by atoms with Gasteiger partial charge in [0, 0.05) is 9.81 Å². The van der Waals surface area contributed by atoms with Gasteiger partial charge in [0.25, 0.3) is 0 Å². The normalized spacial score (nSPS) is 18.9. The van der Waals surface area contributed by atoms with Crippen LogP contribution in [0.1, 0.15) is 12.0 Å². The summed E-state index contributed by atoms with van der Waals surface area (Å²) in [6.45, 7) is 0. The zero-order chi connectivity index (χ0) is 10.7. The average Bonchev–Trinajstić information content (AvgIpc) is 2.29. The number of nitrogens with zero attached hydrogens (tertiary/aromatic N) is 3. The van der Waals surface area contributed by atoms with Crippen molar-refractivity contribution < 1.29 is 4.74 Å². The molecule has 0 amide bonds. The van der Waals surface area contributed by atoms with Gasteiger partial charge in [0.15, 0.2) is 0 Å². The van der Waals surface area contributed by atoms with Crippen LogP contribution in [0.4, 0.5) is 0 Å². The summed E-state index contributed by atoms with van der Waals surface area (Å²) in [5, 5.41) is 3.78. The number of hydrogen-bond donors (Lipinski definition) is 0. The van der Waals surface area contributed by atoms with Gasteiger partial charge < -0.3 is 4.74 Å². The maximum Gasteiger partial charge on any atom is 0.119 e. The molecule has 1 aliphatic rings. The molecule has 0 N–H and O–H groups in total. The third-order valence-electron chi connectivity index (χ3n) is 2.37. The zero-order valence-electron chi connectivity index (χ0n) is 8.38. The minimum absolute atomic E-state index is 0.0379. The van der Waals surface area contributed by atoms with E-state index < -0.39 is 0 Å². The van der Waals surface area contributed by atoms with Crippen molar-refractivity contribution in [3.63, 3.8) is 0 Å². The summed E-state index contributed by atoms with van der Waals surface area (Å²) < 4.78 is 5.16. The minimum Gasteiger partial charge on any atom is -0.497 e. The van der Waals surface area contributed by atoms with Crippen LogP contribution in [0.5, 0.6) is 5.75 Å². The lowest BCUT2D eigenvalue weighted by Gasteiger charge is -2.20. The van der Waals surface area contributed by atoms with E-state index >= 15 is 0 Å². The first-order valence-electron chi connectivity index (χ1n) is 4.71. The molecule has 15 heavy (non-hydrogen) atoms. The largest absolute Gasteiger partial charge is 0.497 e. The lowest BCUT2D eigenvalue weighted by molar-refractivity contribution is 0.413. The first-order valence-corrected chi connectivity index (χ1v) is 5.59. The topological polar surface area (TPSA) is 58.0 Å². The quantitative estimate of drug-likeness (QED) is 0.436. The fraction of sp³-hybridized carbons (Fsp3) is 0.400. The molecule has 2 rings (SSSR count). The van der Waals surface area contributed by atoms with E-state index in [9.17, 15) is 0 Å². The van der Waals surface area contributed by atoms with E-state index in [0.717, 1.165) is 18.6 Å². The Labute approximate surface area is 92.3 Å². The van der Waals surface area contributed by atoms with Crippen molar-refractivity contribution in [1.82, 2.24) is 0 Å². The molecule has 1 atom stereocenters. The van der Waals surface area contributed by atoms with E-state index in [1.165, 1.54) is 10.5 Å². The summed E-state index contributed by atoms with van der Waals surface area (Å²) in [7, 11) is 1.67. The number of fused-ring (bicyclic) bond motifs is 1. The van der Waals surface area contributed by atoms with E-state index in [-0.39, 0.29) is 5.37 Å². The number of azide groups is 1. The molecule has 0 saturated heterocycles. The monoisotopic (exact) mass is 221 g/mol. The van der Waals surface area contributed by atoms with Crippen molar-refractivity contribution in [1.29, 1.82) is 0 Å². The van der Waals surface area contributed by atoms with Crippen molar-refractivity contribution in [2.24, 2.45) is 5.11 Å². The smallest absolute Gasteiger partial charge is 0.119 e. The van der Waals surface area contributed by atoms with Crippen molar-refractivity contribution in [2.45, 2.75) is 23.1 Å². The van der Waals surface area contributed by atoms with Gasteiger partial charge >= 0.3 is 0 Å². The van der Waals surface area contributed by atoms with Crippen molar-refractivity contribution in [2.75, 3.05) is 7.11 Å². The van der Waals surface area contributed by atoms with Gasteiger partial charge in [-0.15, -0.1) is 11.8 Å². The predicted molar refractivity (Wildman–Crippen MR) is 60.1 cm³/mol. The highest BCUT2D eigenvalue weighted by Crippen LogP contribution is 2.37. The molecular weight excluding hydrogens is 210 g/mol. The van der Waals surface area contributed by atoms with Crippen LogP contribution >= 0.6 is 11.8 Å². The van der Waals surface area contributed by atoms with Gasteiger partial charge in [-0.05, 0) is 42.1 Å². The molecule has 0 bridgehead atoms. The maximum atomic E-state index is 8.37. The molecular formula is C10H11N3OS. The van der Waals surface area contributed by atoms with E-state index in [1.54, 1.807) is 18.9 Å². The highest BCUT2D eigenvalue weighted by atomic mass is 32.2. The number of ether oxygens (including phenoxy) is 1. The first kappa shape index (κ1) is 10.2. The molecule has 1 heterocycles. The molecule has 1 aromatic carbocycles. The lowest BCUT2D eigenvalue weighted by atomic mass is 10.1. The predicted octanol–water partition coefficient (Wildman–Crippen LogP) is 3.37. The fourth-order valence-corrected chi connectivity index (χ4v) is 2.69. The third-order valence-corrected chi connectivity index (χ3v) is 3.63. The summed E-state index contributed by atoms with van der Waals surface area (Å²) in [6, 6.07) is 6.01. The molecule has 0 aliphatic carbocycles. The van der Waals surface area contributed by atoms with Gasteiger partial charge in [-0.2, -0.15) is 0 Å². The van der Waals surface area contributed by atoms with Crippen LogP contribution in [0.15, 0.2) is 28.2 Å². The highest BCUT2D eigenvalue weighted by Gasteiger charge is 2.18. The first-order chi connectivity index (χ1) is 7.33. The Morgan fingerprint density at radius 2 is 2.47 bits per heavy atom. The van der Waals surface area contributed by atoms with Crippen molar-refractivity contribution in [3.8, 4) is 5.75 Å². The summed E-state index contributed by atoms with van der Waals surface area (Å²) in [6.07, 6.45) is 1.85. The molecule has 1 unspecified atom stereocenters. The number of aryl methyl sites for hydroxylation is 1. The molecule has 1 aromatic rings. The lowest BCUT2D eigenvalue weighted by Crippen LogP contribution is -2.07. The Hall–Kier alpha value is -1.32. The van der Waals surface area contributed by atoms with E-state index in [4.69, 9.17) is 10.3 Å². The molecule has 0 saturated carbocycles. The number of thioether (sulfide) groups is 1. The summed E-state index contributed by atoms with van der Waals surface area (Å²) in [5.41, 5.74) is 9.65. The van der Waals surface area contributed by atoms with Crippen LogP contribution in [-0.2, 0) is 6.42 Å². The second-order valence-corrected chi connectivity index (χ2v) is 4.51. The van der Waals surface area contributed by atoms with Crippen LogP contribution in [0, 0.1) is 0 Å². The molecule has 0 spiro atoms. The number of benzene rings is 1. The van der Waals surface area contributed by atoms with Crippen LogP contribution in [0.2, 0.25) is 0 Å². The van der Waals surface area contributed by atoms with Gasteiger partial charge in [-0.25, -0.2) is 0 Å². The molecule has 1 aliphatic heterocycles. The molecule has 0 fully saturated rings. The summed E-state index contributed by atoms with van der Waals surface area (Å²) in [5.74, 6) is 0.886. The van der Waals surface area contributed by atoms with E-state index in [1.807, 2.05) is 12.1 Å². The Morgan fingerprint density at radius 3 is 3.20 bits per heavy atom. The highest BCUT2D eigenvalue weighted by molar-refractivity contribution is 8.00. The number of methoxy groups -OCH3 is 1. The summed E-state index contributed by atoms with van der Waals surface area (Å²) in [4.78, 5) is 4.04. The van der Waals surface area contributed by atoms with Gasteiger partial charge in [0.1, 0.15) is 5.75 Å². The number of hydrogen-bond acceptors (Lipinski definition) is 3. The van der Waals surface area contributed by atoms with Crippen molar-refractivity contribution >= 4 is 11.8 Å². The van der Waals surface area contributed by atoms with Gasteiger partial charge in [0.05, 0.1) is 12.5 Å². The zero-order valence-corrected chi connectivity index (χ0v) is 9.20. The SMILES string of the molecule is COc1ccc2c(c1)CCC(N=[N+]=[N-])S2. The average molecular weight is 221 g/mol. The maximum absolute atomic E-state index is 8.37. The second kappa shape index (κ2) is 4.47. The van der Waals surface area contributed by atoms with Crippen LogP contribution in [0.3, 0.4) is 0 Å². The number of rotatable bonds is 2. The Kier molecular flexibility index (Phi) is 3.04. The molecule has 0 aromatic heterocycles. The molecule has 78 valence electrons. The fourth-order valence-electron chi connectivity index (χ4n) is 1.62. The Balaban J connectivity index is 2.24.